The molecule has 30 nitrogen and oxygen atoms in total. The first-order chi connectivity index (χ1) is 45.0. The highest BCUT2D eigenvalue weighted by Gasteiger charge is 2.39. The molecule has 6 fully saturated rings. The Kier molecular flexibility index (Phi) is 30.5. The Bertz CT molecular complexity index is 3640. The maximum atomic E-state index is 13.1. The number of para-hydroxylation sites is 2. The molecular weight excluding hydrogens is 1400 g/mol. The van der Waals surface area contributed by atoms with Crippen molar-refractivity contribution in [1.29, 1.82) is 0 Å². The van der Waals surface area contributed by atoms with Crippen LogP contribution in [0.4, 0.5) is 13.2 Å². The quantitative estimate of drug-likeness (QED) is 0.126. The molecule has 0 aliphatic carbocycles. The van der Waals surface area contributed by atoms with Crippen LogP contribution in [0.1, 0.15) is 44.4 Å². The predicted molar refractivity (Wildman–Crippen MR) is 319 cm³/mol. The minimum Gasteiger partial charge on any atom is -0.467 e. The molecule has 0 bridgehead atoms. The van der Waals surface area contributed by atoms with Gasteiger partial charge in [-0.3, -0.25) is 50.2 Å². The minimum atomic E-state index is -2.00. The van der Waals surface area contributed by atoms with Crippen LogP contribution in [0.5, 0.6) is 28.7 Å². The van der Waals surface area contributed by atoms with Crippen molar-refractivity contribution >= 4 is 104 Å². The van der Waals surface area contributed by atoms with E-state index in [9.17, 15) is 67.2 Å². The first kappa shape index (κ1) is 77.1. The van der Waals surface area contributed by atoms with Gasteiger partial charge in [-0.25, -0.2) is 41.9 Å². The summed E-state index contributed by atoms with van der Waals surface area (Å²) in [6.07, 6.45) is -6.32. The van der Waals surface area contributed by atoms with Crippen LogP contribution < -0.4 is 23.7 Å². The summed E-state index contributed by atoms with van der Waals surface area (Å²) in [4.78, 5) is 68.3. The Balaban J connectivity index is 0.000000182. The van der Waals surface area contributed by atoms with Crippen LogP contribution in [0.15, 0.2) is 115 Å². The smallest absolute Gasteiger partial charge is 0.344 e. The normalized spacial score (nSPS) is 25.5. The summed E-state index contributed by atoms with van der Waals surface area (Å²) in [5.41, 5.74) is 2.40. The molecule has 518 valence electrons. The van der Waals surface area contributed by atoms with Crippen LogP contribution in [0, 0.1) is 31.3 Å². The van der Waals surface area contributed by atoms with Crippen molar-refractivity contribution in [2.45, 2.75) is 89.7 Å². The summed E-state index contributed by atoms with van der Waals surface area (Å²) in [6.45, 7) is 10.8. The van der Waals surface area contributed by atoms with Crippen molar-refractivity contribution in [1.82, 2.24) is 0 Å². The van der Waals surface area contributed by atoms with E-state index in [-0.39, 0.29) is 50.0 Å². The highest BCUT2D eigenvalue weighted by atomic mass is 32.2. The monoisotopic (exact) mass is 1460 g/mol. The number of carbonyl (C=O) groups excluding carboxylic acids is 6. The number of aryl methyl sites for hydroxylation is 2. The van der Waals surface area contributed by atoms with E-state index >= 15 is 0 Å². The van der Waals surface area contributed by atoms with Gasteiger partial charge in [-0.15, -0.1) is 0 Å². The fourth-order valence-corrected chi connectivity index (χ4v) is 10.8. The second-order valence-corrected chi connectivity index (χ2v) is 24.8. The molecule has 6 heterocycles. The summed E-state index contributed by atoms with van der Waals surface area (Å²) in [5.74, 6) is -5.15. The summed E-state index contributed by atoms with van der Waals surface area (Å²) in [7, 11) is 1.24. The SMILES string of the molecule is CC(C)(C)c1ccc(OC(=O)C2COS(=O)O2)cc1.COC(=O)C1OS(=O)OC1C.Cc1cc(OC(=O)C2COS(=O)O2)ccc1F.Cc1ccccc1OC(=O)C1COS(=O)O1.O=C(Oc1ccc(F)cc1F)C1COS(=O)O1.O=C(Oc1ccccc1)C1COS(=O)O1. The molecule has 0 N–H and O–H groups in total. The van der Waals surface area contributed by atoms with E-state index in [0.717, 1.165) is 23.3 Å². The largest absolute Gasteiger partial charge is 0.467 e. The van der Waals surface area contributed by atoms with Gasteiger partial charge in [0.1, 0.15) is 73.8 Å². The van der Waals surface area contributed by atoms with Gasteiger partial charge in [-0.1, -0.05) is 69.3 Å². The number of halogens is 3. The Morgan fingerprint density at radius 3 is 1.19 bits per heavy atom. The molecule has 0 amide bonds. The average Bonchev–Trinajstić information content (AvgIpc) is 1.07. The molecule has 0 radical (unpaired) electrons. The van der Waals surface area contributed by atoms with Crippen LogP contribution in [-0.4, -0.2) is 144 Å². The lowest BCUT2D eigenvalue weighted by Gasteiger charge is -2.19. The first-order valence-corrected chi connectivity index (χ1v) is 33.0. The van der Waals surface area contributed by atoms with E-state index in [2.05, 4.69) is 72.1 Å². The molecule has 13 unspecified atom stereocenters. The first-order valence-electron chi connectivity index (χ1n) is 27.0. The minimum absolute atomic E-state index is 0.0434. The van der Waals surface area contributed by atoms with Gasteiger partial charge >= 0.3 is 104 Å². The standard InChI is InChI=1S/C13H16O5S.C10H9FO5S.C10H10O5S.C9H6F2O5S.C9H8O5S.C5H8O5S/c1-13(2,3)9-4-6-10(7-5-9)17-12(14)11-8-16-19(15)18-11;1-6-4-7(2-3-8(6)11)15-10(12)9-5-14-17(13)16-9;1-7-4-2-3-5-8(7)14-10(11)9-6-13-16(12)15-9;10-5-1-2-7(6(11)3-5)15-9(12)8-4-14-17(13)16-8;10-9(8-6-12-15(11)14-8)13-7-4-2-1-3-5-7;1-3-4(5(6)8-2)10-11(7)9-3/h4-7,11H,8H2,1-3H3;2-4,9H,5H2,1H3;2-5,9H,6H2,1H3;1-3,8H,4H2;1-5,8H,6H2;3-4H,1-2H3. The zero-order valence-corrected chi connectivity index (χ0v) is 55.3. The van der Waals surface area contributed by atoms with Crippen LogP contribution >= 0.6 is 0 Å². The van der Waals surface area contributed by atoms with Crippen LogP contribution in [-0.2, 0) is 157 Å². The lowest BCUT2D eigenvalue weighted by atomic mass is 9.87. The van der Waals surface area contributed by atoms with Gasteiger partial charge in [0, 0.05) is 6.07 Å². The molecule has 39 heteroatoms. The fourth-order valence-electron chi connectivity index (χ4n) is 6.90. The molecular formula is C56H57F3O30S6. The Hall–Kier alpha value is -6.87. The summed E-state index contributed by atoms with van der Waals surface area (Å²) >= 11 is -11.2. The topological polar surface area (TPSA) is 371 Å². The average molecular weight is 1460 g/mol. The van der Waals surface area contributed by atoms with Crippen molar-refractivity contribution in [3.63, 3.8) is 0 Å². The number of ether oxygens (including phenoxy) is 6. The number of benzene rings is 5. The van der Waals surface area contributed by atoms with Gasteiger partial charge in [-0.05, 0) is 104 Å². The number of methoxy groups -OCH3 is 1. The molecule has 11 rings (SSSR count). The lowest BCUT2D eigenvalue weighted by Crippen LogP contribution is -2.30. The Labute approximate surface area is 554 Å². The molecule has 0 aromatic heterocycles. The second-order valence-electron chi connectivity index (χ2n) is 19.9. The summed E-state index contributed by atoms with van der Waals surface area (Å²) in [5, 5.41) is 0. The van der Waals surface area contributed by atoms with Gasteiger partial charge in [-0.2, -0.15) is 25.3 Å². The fraction of sp³-hybridized carbons (Fsp3) is 0.357. The van der Waals surface area contributed by atoms with E-state index < -0.39 is 164 Å². The van der Waals surface area contributed by atoms with Crippen molar-refractivity contribution in [3.8, 4) is 28.7 Å². The molecule has 5 aromatic carbocycles. The van der Waals surface area contributed by atoms with Crippen molar-refractivity contribution < 1.29 is 146 Å². The van der Waals surface area contributed by atoms with E-state index in [1.54, 1.807) is 62.4 Å². The van der Waals surface area contributed by atoms with E-state index in [4.69, 9.17) is 27.3 Å². The summed E-state index contributed by atoms with van der Waals surface area (Å²) < 4.78 is 187. The zero-order valence-electron chi connectivity index (χ0n) is 50.4. The van der Waals surface area contributed by atoms with E-state index in [1.165, 1.54) is 25.3 Å². The molecule has 6 aliphatic rings. The van der Waals surface area contributed by atoms with Crippen LogP contribution in [0.25, 0.3) is 0 Å². The van der Waals surface area contributed by atoms with Gasteiger partial charge in [0.25, 0.3) is 0 Å². The lowest BCUT2D eigenvalue weighted by molar-refractivity contribution is -0.149. The van der Waals surface area contributed by atoms with Gasteiger partial charge < -0.3 is 28.4 Å². The van der Waals surface area contributed by atoms with Gasteiger partial charge in [0.15, 0.2) is 42.1 Å². The summed E-state index contributed by atoms with van der Waals surface area (Å²) in [6, 6.07) is 29.4. The van der Waals surface area contributed by atoms with E-state index in [0.29, 0.717) is 28.9 Å². The Morgan fingerprint density at radius 2 is 0.811 bits per heavy atom. The van der Waals surface area contributed by atoms with Crippen molar-refractivity contribution in [2.24, 2.45) is 0 Å². The maximum absolute atomic E-state index is 13.1. The highest BCUT2D eigenvalue weighted by Crippen LogP contribution is 2.27. The molecule has 6 saturated heterocycles. The second kappa shape index (κ2) is 37.6. The van der Waals surface area contributed by atoms with Gasteiger partial charge in [0.2, 0.25) is 6.10 Å². The van der Waals surface area contributed by atoms with Crippen LogP contribution in [0.3, 0.4) is 0 Å². The molecule has 0 saturated carbocycles. The number of hydrogen-bond donors (Lipinski definition) is 0. The molecule has 6 aliphatic heterocycles. The van der Waals surface area contributed by atoms with Crippen LogP contribution in [0.2, 0.25) is 0 Å². The van der Waals surface area contributed by atoms with E-state index in [1.807, 2.05) is 37.3 Å². The molecule has 0 spiro atoms. The zero-order chi connectivity index (χ0) is 69.5. The molecule has 95 heavy (non-hydrogen) atoms. The van der Waals surface area contributed by atoms with Crippen molar-refractivity contribution in [3.05, 3.63) is 149 Å². The Morgan fingerprint density at radius 1 is 0.411 bits per heavy atom. The molecule has 5 aromatic rings. The maximum Gasteiger partial charge on any atom is 0.344 e. The number of rotatable bonds is 11. The number of carbonyl (C=O) groups is 6. The third-order valence-corrected chi connectivity index (χ3v) is 16.2. The predicted octanol–water partition coefficient (Wildman–Crippen LogP) is 4.80. The third-order valence-electron chi connectivity index (χ3n) is 11.8. The van der Waals surface area contributed by atoms with Gasteiger partial charge in [0.05, 0.1) is 7.11 Å². The number of hydrogen-bond acceptors (Lipinski definition) is 30. The third kappa shape index (κ3) is 25.6. The van der Waals surface area contributed by atoms with Crippen molar-refractivity contribution in [2.75, 3.05) is 40.1 Å². The molecule has 13 atom stereocenters. The number of esters is 6. The highest BCUT2D eigenvalue weighted by molar-refractivity contribution is 7.76.